The first kappa shape index (κ1) is 65.1. The molecule has 0 bridgehead atoms. The highest BCUT2D eigenvalue weighted by Gasteiger charge is 2.19. The first-order valence-electron chi connectivity index (χ1n) is 29.3. The molecule has 6 heteroatoms. The Morgan fingerprint density at radius 1 is 0.309 bits per heavy atom. The van der Waals surface area contributed by atoms with Gasteiger partial charge in [-0.3, -0.25) is 14.4 Å². The Balaban J connectivity index is 4.39. The van der Waals surface area contributed by atoms with E-state index in [0.29, 0.717) is 19.3 Å². The summed E-state index contributed by atoms with van der Waals surface area (Å²) in [5.41, 5.74) is 0. The maximum atomic E-state index is 12.9. The number of carbonyl (C=O) groups excluding carboxylic acids is 3. The zero-order valence-corrected chi connectivity index (χ0v) is 45.1. The van der Waals surface area contributed by atoms with Crippen molar-refractivity contribution in [3.63, 3.8) is 0 Å². The van der Waals surface area contributed by atoms with Gasteiger partial charge in [0.05, 0.1) is 0 Å². The molecule has 6 nitrogen and oxygen atoms in total. The van der Waals surface area contributed by atoms with Crippen LogP contribution in [-0.2, 0) is 28.6 Å². The zero-order chi connectivity index (χ0) is 49.3. The molecule has 0 spiro atoms. The summed E-state index contributed by atoms with van der Waals surface area (Å²) in [6.45, 7) is 6.53. The molecule has 1 atom stereocenters. The highest BCUT2D eigenvalue weighted by molar-refractivity contribution is 5.71. The Morgan fingerprint density at radius 2 is 0.574 bits per heavy atom. The Morgan fingerprint density at radius 3 is 0.912 bits per heavy atom. The molecule has 0 aromatic heterocycles. The molecule has 0 aliphatic heterocycles. The van der Waals surface area contributed by atoms with Crippen LogP contribution in [0.4, 0.5) is 0 Å². The van der Waals surface area contributed by atoms with Gasteiger partial charge >= 0.3 is 17.9 Å². The summed E-state index contributed by atoms with van der Waals surface area (Å²) < 4.78 is 16.9. The van der Waals surface area contributed by atoms with Gasteiger partial charge in [0.1, 0.15) is 13.2 Å². The summed E-state index contributed by atoms with van der Waals surface area (Å²) in [4.78, 5) is 38.2. The third-order valence-electron chi connectivity index (χ3n) is 12.7. The van der Waals surface area contributed by atoms with Gasteiger partial charge in [0.15, 0.2) is 6.10 Å². The second-order valence-corrected chi connectivity index (χ2v) is 19.5. The van der Waals surface area contributed by atoms with Gasteiger partial charge < -0.3 is 14.2 Å². The largest absolute Gasteiger partial charge is 0.462 e. The summed E-state index contributed by atoms with van der Waals surface area (Å²) in [7, 11) is 0. The predicted molar refractivity (Wildman–Crippen MR) is 293 cm³/mol. The first-order valence-corrected chi connectivity index (χ1v) is 29.3. The summed E-state index contributed by atoms with van der Waals surface area (Å²) in [6.07, 6.45) is 70.6. The average Bonchev–Trinajstić information content (AvgIpc) is 3.34. The lowest BCUT2D eigenvalue weighted by atomic mass is 10.1. The molecule has 0 rings (SSSR count). The van der Waals surface area contributed by atoms with Gasteiger partial charge in [0.25, 0.3) is 0 Å². The Kier molecular flexibility index (Phi) is 54.3. The molecule has 0 radical (unpaired) electrons. The quantitative estimate of drug-likeness (QED) is 0.0262. The number of unbranched alkanes of at least 4 members (excludes halogenated alkanes) is 32. The molecular formula is C62H110O6. The van der Waals surface area contributed by atoms with E-state index in [1.165, 1.54) is 173 Å². The van der Waals surface area contributed by atoms with E-state index in [0.717, 1.165) is 83.5 Å². The fourth-order valence-electron chi connectivity index (χ4n) is 8.33. The van der Waals surface area contributed by atoms with Gasteiger partial charge in [0.2, 0.25) is 0 Å². The van der Waals surface area contributed by atoms with Crippen LogP contribution in [0, 0.1) is 0 Å². The Labute approximate surface area is 421 Å². The molecule has 394 valence electrons. The van der Waals surface area contributed by atoms with E-state index >= 15 is 0 Å². The smallest absolute Gasteiger partial charge is 0.306 e. The Bertz CT molecular complexity index is 1230. The molecule has 1 unspecified atom stereocenters. The summed E-state index contributed by atoms with van der Waals surface area (Å²) in [5, 5.41) is 0. The van der Waals surface area contributed by atoms with Crippen LogP contribution >= 0.6 is 0 Å². The molecule has 0 N–H and O–H groups in total. The molecule has 0 fully saturated rings. The normalized spacial score (nSPS) is 12.5. The number of hydrogen-bond acceptors (Lipinski definition) is 6. The van der Waals surface area contributed by atoms with E-state index in [2.05, 4.69) is 81.5 Å². The van der Waals surface area contributed by atoms with Crippen LogP contribution in [0.3, 0.4) is 0 Å². The molecule has 0 heterocycles. The molecular weight excluding hydrogens is 841 g/mol. The van der Waals surface area contributed by atoms with Gasteiger partial charge in [0, 0.05) is 19.3 Å². The summed E-state index contributed by atoms with van der Waals surface area (Å²) >= 11 is 0. The first-order chi connectivity index (χ1) is 33.5. The third-order valence-corrected chi connectivity index (χ3v) is 12.7. The van der Waals surface area contributed by atoms with Gasteiger partial charge in [-0.2, -0.15) is 0 Å². The number of ether oxygens (including phenoxy) is 3. The van der Waals surface area contributed by atoms with Gasteiger partial charge in [-0.1, -0.05) is 236 Å². The van der Waals surface area contributed by atoms with Crippen LogP contribution in [0.15, 0.2) is 60.8 Å². The minimum absolute atomic E-state index is 0.0813. The van der Waals surface area contributed by atoms with Crippen molar-refractivity contribution in [2.24, 2.45) is 0 Å². The number of rotatable bonds is 53. The molecule has 0 saturated heterocycles. The molecule has 68 heavy (non-hydrogen) atoms. The van der Waals surface area contributed by atoms with E-state index in [9.17, 15) is 14.4 Å². The van der Waals surface area contributed by atoms with Gasteiger partial charge in [-0.05, 0) is 103 Å². The maximum Gasteiger partial charge on any atom is 0.306 e. The second kappa shape index (κ2) is 56.7. The molecule has 0 amide bonds. The molecule has 0 aliphatic rings. The second-order valence-electron chi connectivity index (χ2n) is 19.5. The van der Waals surface area contributed by atoms with Crippen LogP contribution in [0.1, 0.15) is 297 Å². The fourth-order valence-corrected chi connectivity index (χ4v) is 8.33. The minimum atomic E-state index is -0.784. The van der Waals surface area contributed by atoms with E-state index < -0.39 is 6.10 Å². The standard InChI is InChI=1S/C62H110O6/c1-4-7-10-13-16-19-22-25-28-31-34-37-40-43-46-49-52-55-61(64)67-58-59(57-66-60(63)54-51-48-45-42-39-36-33-30-27-24-21-18-15-12-9-6-3)68-62(65)56-53-50-47-44-41-38-35-32-29-26-23-20-17-14-11-8-5-2/h9,12,18,21,25-30,59H,4-8,10-11,13-17,19-20,22-24,31-58H2,1-3H3/b12-9-,21-18-,28-25-,29-26-,30-27-. The van der Waals surface area contributed by atoms with Crippen molar-refractivity contribution >= 4 is 17.9 Å². The lowest BCUT2D eigenvalue weighted by molar-refractivity contribution is -0.167. The zero-order valence-electron chi connectivity index (χ0n) is 45.1. The van der Waals surface area contributed by atoms with E-state index in [-0.39, 0.29) is 31.1 Å². The monoisotopic (exact) mass is 951 g/mol. The topological polar surface area (TPSA) is 78.9 Å². The van der Waals surface area contributed by atoms with Crippen LogP contribution in [0.2, 0.25) is 0 Å². The van der Waals surface area contributed by atoms with Crippen molar-refractivity contribution in [3.8, 4) is 0 Å². The van der Waals surface area contributed by atoms with Crippen LogP contribution < -0.4 is 0 Å². The SMILES string of the molecule is CC/C=C\C/C=C\C/C=C\CCCCCCCCC(=O)OCC(COC(=O)CCCCCCCCC/C=C\CCCCCCCC)OC(=O)CCCCCCCCC/C=C\CCCCCCCC. The fraction of sp³-hybridized carbons (Fsp3) is 0.790. The van der Waals surface area contributed by atoms with Gasteiger partial charge in [-0.15, -0.1) is 0 Å². The van der Waals surface area contributed by atoms with E-state index in [1.54, 1.807) is 0 Å². The average molecular weight is 952 g/mol. The van der Waals surface area contributed by atoms with Gasteiger partial charge in [-0.25, -0.2) is 0 Å². The predicted octanol–water partition coefficient (Wildman–Crippen LogP) is 19.6. The van der Waals surface area contributed by atoms with E-state index in [4.69, 9.17) is 14.2 Å². The van der Waals surface area contributed by atoms with Crippen LogP contribution in [0.5, 0.6) is 0 Å². The highest BCUT2D eigenvalue weighted by Crippen LogP contribution is 2.15. The van der Waals surface area contributed by atoms with Crippen molar-refractivity contribution in [2.45, 2.75) is 303 Å². The number of hydrogen-bond donors (Lipinski definition) is 0. The summed E-state index contributed by atoms with van der Waals surface area (Å²) in [5.74, 6) is -0.891. The number of carbonyl (C=O) groups is 3. The van der Waals surface area contributed by atoms with Crippen molar-refractivity contribution < 1.29 is 28.6 Å². The van der Waals surface area contributed by atoms with Crippen LogP contribution in [-0.4, -0.2) is 37.2 Å². The van der Waals surface area contributed by atoms with Crippen molar-refractivity contribution in [2.75, 3.05) is 13.2 Å². The van der Waals surface area contributed by atoms with Crippen molar-refractivity contribution in [1.82, 2.24) is 0 Å². The number of allylic oxidation sites excluding steroid dienone is 10. The van der Waals surface area contributed by atoms with Crippen LogP contribution in [0.25, 0.3) is 0 Å². The number of esters is 3. The summed E-state index contributed by atoms with van der Waals surface area (Å²) in [6, 6.07) is 0. The molecule has 0 aliphatic carbocycles. The lowest BCUT2D eigenvalue weighted by Crippen LogP contribution is -2.30. The lowest BCUT2D eigenvalue weighted by Gasteiger charge is -2.18. The highest BCUT2D eigenvalue weighted by atomic mass is 16.6. The molecule has 0 aromatic carbocycles. The third kappa shape index (κ3) is 54.1. The maximum absolute atomic E-state index is 12.9. The molecule has 0 aromatic rings. The van der Waals surface area contributed by atoms with E-state index in [1.807, 2.05) is 0 Å². The molecule has 0 saturated carbocycles. The Hall–Kier alpha value is -2.89. The van der Waals surface area contributed by atoms with Crippen molar-refractivity contribution in [3.05, 3.63) is 60.8 Å². The van der Waals surface area contributed by atoms with Crippen molar-refractivity contribution in [1.29, 1.82) is 0 Å². The minimum Gasteiger partial charge on any atom is -0.462 e.